The largest absolute Gasteiger partial charge is 0.316 e. The van der Waals surface area contributed by atoms with E-state index >= 15 is 0 Å². The van der Waals surface area contributed by atoms with Crippen LogP contribution in [0, 0.1) is 16.4 Å². The van der Waals surface area contributed by atoms with Crippen LogP contribution >= 0.6 is 22.6 Å². The molecule has 1 aliphatic heterocycles. The molecule has 0 bridgehead atoms. The van der Waals surface area contributed by atoms with Crippen molar-refractivity contribution < 1.29 is 12.6 Å². The van der Waals surface area contributed by atoms with Crippen LogP contribution in [0.3, 0.4) is 0 Å². The van der Waals surface area contributed by atoms with E-state index in [2.05, 4.69) is 27.9 Å². The molecule has 140 valence electrons. The monoisotopic (exact) mass is 485 g/mol. The van der Waals surface area contributed by atoms with Crippen LogP contribution in [0.5, 0.6) is 0 Å². The quantitative estimate of drug-likeness (QED) is 0.498. The number of halogens is 1. The van der Waals surface area contributed by atoms with Gasteiger partial charge in [0, 0.05) is 16.5 Å². The van der Waals surface area contributed by atoms with Gasteiger partial charge in [-0.05, 0) is 78.6 Å². The molecule has 2 aromatic rings. The zero-order valence-corrected chi connectivity index (χ0v) is 17.8. The SMILES string of the molecule is Cc1ccc(S(=O)(=O)OC(Cc2ccccc2I)C2CCCNC2)cc1. The van der Waals surface area contributed by atoms with Crippen LogP contribution in [0.4, 0.5) is 0 Å². The van der Waals surface area contributed by atoms with Crippen molar-refractivity contribution >= 4 is 32.7 Å². The molecule has 26 heavy (non-hydrogen) atoms. The Morgan fingerprint density at radius 3 is 2.58 bits per heavy atom. The first-order valence-corrected chi connectivity index (χ1v) is 11.4. The van der Waals surface area contributed by atoms with Gasteiger partial charge >= 0.3 is 0 Å². The minimum Gasteiger partial charge on any atom is -0.316 e. The fourth-order valence-electron chi connectivity index (χ4n) is 3.28. The molecule has 1 fully saturated rings. The van der Waals surface area contributed by atoms with E-state index in [0.29, 0.717) is 6.42 Å². The van der Waals surface area contributed by atoms with E-state index in [1.165, 1.54) is 0 Å². The summed E-state index contributed by atoms with van der Waals surface area (Å²) in [6.45, 7) is 3.71. The molecule has 3 rings (SSSR count). The average Bonchev–Trinajstić information content (AvgIpc) is 2.64. The summed E-state index contributed by atoms with van der Waals surface area (Å²) < 4.78 is 32.6. The second-order valence-electron chi connectivity index (χ2n) is 6.80. The lowest BCUT2D eigenvalue weighted by Crippen LogP contribution is -2.40. The topological polar surface area (TPSA) is 55.4 Å². The fraction of sp³-hybridized carbons (Fsp3) is 0.400. The van der Waals surface area contributed by atoms with Crippen molar-refractivity contribution in [3.8, 4) is 0 Å². The van der Waals surface area contributed by atoms with Crippen LogP contribution in [0.25, 0.3) is 0 Å². The summed E-state index contributed by atoms with van der Waals surface area (Å²) >= 11 is 2.30. The van der Waals surface area contributed by atoms with Crippen LogP contribution in [0.15, 0.2) is 53.4 Å². The number of hydrogen-bond donors (Lipinski definition) is 1. The average molecular weight is 485 g/mol. The lowest BCUT2D eigenvalue weighted by atomic mass is 9.90. The van der Waals surface area contributed by atoms with Gasteiger partial charge in [0.1, 0.15) is 0 Å². The third-order valence-electron chi connectivity index (χ3n) is 4.80. The van der Waals surface area contributed by atoms with Gasteiger partial charge in [0.2, 0.25) is 0 Å². The Hall–Kier alpha value is -0.960. The summed E-state index contributed by atoms with van der Waals surface area (Å²) in [5.41, 5.74) is 2.15. The molecule has 2 atom stereocenters. The molecule has 0 aromatic heterocycles. The normalized spacial score (nSPS) is 19.2. The summed E-state index contributed by atoms with van der Waals surface area (Å²) in [5.74, 6) is 0.181. The van der Waals surface area contributed by atoms with Crippen molar-refractivity contribution in [2.45, 2.75) is 37.2 Å². The lowest BCUT2D eigenvalue weighted by molar-refractivity contribution is 0.121. The predicted molar refractivity (Wildman–Crippen MR) is 112 cm³/mol. The number of rotatable bonds is 6. The van der Waals surface area contributed by atoms with Gasteiger partial charge in [-0.1, -0.05) is 35.9 Å². The molecule has 0 radical (unpaired) electrons. The molecule has 1 saturated heterocycles. The first-order valence-electron chi connectivity index (χ1n) is 8.90. The summed E-state index contributed by atoms with van der Waals surface area (Å²) in [4.78, 5) is 0.222. The van der Waals surface area contributed by atoms with Crippen LogP contribution < -0.4 is 5.32 Å². The van der Waals surface area contributed by atoms with E-state index in [1.54, 1.807) is 24.3 Å². The Kier molecular flexibility index (Phi) is 6.71. The van der Waals surface area contributed by atoms with E-state index in [9.17, 15) is 8.42 Å². The Bertz CT molecular complexity index is 830. The Labute approximate surface area is 169 Å². The summed E-state index contributed by atoms with van der Waals surface area (Å²) in [6, 6.07) is 14.9. The van der Waals surface area contributed by atoms with Gasteiger partial charge in [-0.3, -0.25) is 4.18 Å². The van der Waals surface area contributed by atoms with Crippen LogP contribution in [0.1, 0.15) is 24.0 Å². The van der Waals surface area contributed by atoms with E-state index in [0.717, 1.165) is 40.6 Å². The first kappa shape index (κ1) is 19.8. The van der Waals surface area contributed by atoms with Crippen molar-refractivity contribution in [3.63, 3.8) is 0 Å². The smallest absolute Gasteiger partial charge is 0.297 e. The number of benzene rings is 2. The number of piperidine rings is 1. The standard InChI is InChI=1S/C20H24INO3S/c1-15-8-10-18(11-9-15)26(23,24)25-20(17-6-4-12-22-14-17)13-16-5-2-3-7-19(16)21/h2-3,5,7-11,17,20,22H,4,6,12-14H2,1H3. The number of hydrogen-bond acceptors (Lipinski definition) is 4. The Balaban J connectivity index is 1.85. The maximum atomic E-state index is 12.8. The van der Waals surface area contributed by atoms with E-state index in [1.807, 2.05) is 31.2 Å². The lowest BCUT2D eigenvalue weighted by Gasteiger charge is -2.30. The summed E-state index contributed by atoms with van der Waals surface area (Å²) in [6.07, 6.45) is 2.24. The van der Waals surface area contributed by atoms with Crippen molar-refractivity contribution in [3.05, 3.63) is 63.2 Å². The third-order valence-corrected chi connectivity index (χ3v) is 7.20. The molecule has 0 saturated carbocycles. The zero-order valence-electron chi connectivity index (χ0n) is 14.8. The van der Waals surface area contributed by atoms with E-state index in [-0.39, 0.29) is 16.9 Å². The second-order valence-corrected chi connectivity index (χ2v) is 9.54. The molecule has 2 aromatic carbocycles. The Morgan fingerprint density at radius 2 is 1.92 bits per heavy atom. The van der Waals surface area contributed by atoms with Crippen LogP contribution in [-0.4, -0.2) is 27.6 Å². The molecule has 0 amide bonds. The molecular weight excluding hydrogens is 461 g/mol. The minimum atomic E-state index is -3.79. The van der Waals surface area contributed by atoms with Crippen LogP contribution in [0.2, 0.25) is 0 Å². The van der Waals surface area contributed by atoms with Crippen molar-refractivity contribution in [2.24, 2.45) is 5.92 Å². The molecule has 0 spiro atoms. The van der Waals surface area contributed by atoms with Gasteiger partial charge in [-0.15, -0.1) is 0 Å². The highest BCUT2D eigenvalue weighted by molar-refractivity contribution is 14.1. The molecule has 2 unspecified atom stereocenters. The molecular formula is C20H24INO3S. The highest BCUT2D eigenvalue weighted by Gasteiger charge is 2.30. The maximum Gasteiger partial charge on any atom is 0.297 e. The van der Waals surface area contributed by atoms with Crippen LogP contribution in [-0.2, 0) is 20.7 Å². The molecule has 1 heterocycles. The highest BCUT2D eigenvalue weighted by atomic mass is 127. The fourth-order valence-corrected chi connectivity index (χ4v) is 5.02. The summed E-state index contributed by atoms with van der Waals surface area (Å²) in [5, 5.41) is 3.37. The zero-order chi connectivity index (χ0) is 18.6. The van der Waals surface area contributed by atoms with Crippen molar-refractivity contribution in [1.29, 1.82) is 0 Å². The van der Waals surface area contributed by atoms with Gasteiger partial charge < -0.3 is 5.32 Å². The van der Waals surface area contributed by atoms with Gasteiger partial charge in [-0.2, -0.15) is 8.42 Å². The van der Waals surface area contributed by atoms with E-state index < -0.39 is 10.1 Å². The molecule has 6 heteroatoms. The highest BCUT2D eigenvalue weighted by Crippen LogP contribution is 2.26. The molecule has 4 nitrogen and oxygen atoms in total. The van der Waals surface area contributed by atoms with Crippen molar-refractivity contribution in [1.82, 2.24) is 5.32 Å². The van der Waals surface area contributed by atoms with E-state index in [4.69, 9.17) is 4.18 Å². The van der Waals surface area contributed by atoms with Gasteiger partial charge in [0.25, 0.3) is 10.1 Å². The van der Waals surface area contributed by atoms with Gasteiger partial charge in [0.05, 0.1) is 11.0 Å². The minimum absolute atomic E-state index is 0.181. The van der Waals surface area contributed by atoms with Crippen molar-refractivity contribution in [2.75, 3.05) is 13.1 Å². The predicted octanol–water partition coefficient (Wildman–Crippen LogP) is 3.92. The molecule has 1 N–H and O–H groups in total. The number of nitrogens with one attached hydrogen (secondary N) is 1. The Morgan fingerprint density at radius 1 is 1.19 bits per heavy atom. The summed E-state index contributed by atoms with van der Waals surface area (Å²) in [7, 11) is -3.79. The third kappa shape index (κ3) is 5.06. The van der Waals surface area contributed by atoms with Gasteiger partial charge in [-0.25, -0.2) is 0 Å². The maximum absolute atomic E-state index is 12.8. The first-order chi connectivity index (χ1) is 12.5. The van der Waals surface area contributed by atoms with Gasteiger partial charge in [0.15, 0.2) is 0 Å². The second kappa shape index (κ2) is 8.82. The molecule has 1 aliphatic rings. The molecule has 0 aliphatic carbocycles. The number of aryl methyl sites for hydroxylation is 1.